The number of ketones is 1. The number of Topliss-reactive ketones (excluding diaryl/α,β-unsaturated/α-hetero) is 1. The Morgan fingerprint density at radius 1 is 1.12 bits per heavy atom. The summed E-state index contributed by atoms with van der Waals surface area (Å²) in [5, 5.41) is 3.83. The standard InChI is InChI=1S/C18H15Cl2NO4/c1-10(22)13-7-16-17(25-9-24-16)8-15(13)21-18(23)5-3-11-2-4-12(19)6-14(11)20/h2,4,6-8H,3,5,9H2,1H3,(H,21,23). The highest BCUT2D eigenvalue weighted by Gasteiger charge is 2.20. The van der Waals surface area contributed by atoms with Gasteiger partial charge in [-0.3, -0.25) is 9.59 Å². The van der Waals surface area contributed by atoms with Crippen LogP contribution in [-0.4, -0.2) is 18.5 Å². The molecule has 0 aliphatic carbocycles. The van der Waals surface area contributed by atoms with E-state index in [1.807, 2.05) is 0 Å². The van der Waals surface area contributed by atoms with Crippen LogP contribution in [0.15, 0.2) is 30.3 Å². The molecule has 0 radical (unpaired) electrons. The van der Waals surface area contributed by atoms with E-state index < -0.39 is 0 Å². The van der Waals surface area contributed by atoms with Crippen LogP contribution < -0.4 is 14.8 Å². The maximum Gasteiger partial charge on any atom is 0.231 e. The summed E-state index contributed by atoms with van der Waals surface area (Å²) >= 11 is 12.0. The molecular formula is C18H15Cl2NO4. The van der Waals surface area contributed by atoms with Crippen LogP contribution in [0, 0.1) is 0 Å². The van der Waals surface area contributed by atoms with Gasteiger partial charge in [0.2, 0.25) is 12.7 Å². The topological polar surface area (TPSA) is 64.6 Å². The highest BCUT2D eigenvalue weighted by Crippen LogP contribution is 2.37. The van der Waals surface area contributed by atoms with Crippen molar-refractivity contribution in [3.05, 3.63) is 51.5 Å². The van der Waals surface area contributed by atoms with Gasteiger partial charge < -0.3 is 14.8 Å². The summed E-state index contributed by atoms with van der Waals surface area (Å²) in [6, 6.07) is 8.34. The summed E-state index contributed by atoms with van der Waals surface area (Å²) in [7, 11) is 0. The van der Waals surface area contributed by atoms with E-state index in [0.717, 1.165) is 5.56 Å². The molecule has 5 nitrogen and oxygen atoms in total. The molecule has 0 saturated heterocycles. The molecule has 1 aliphatic rings. The lowest BCUT2D eigenvalue weighted by atomic mass is 10.1. The normalized spacial score (nSPS) is 12.1. The fourth-order valence-corrected chi connectivity index (χ4v) is 3.02. The molecule has 1 amide bonds. The number of carbonyl (C=O) groups excluding carboxylic acids is 2. The maximum absolute atomic E-state index is 12.3. The van der Waals surface area contributed by atoms with Crippen LogP contribution in [0.4, 0.5) is 5.69 Å². The summed E-state index contributed by atoms with van der Waals surface area (Å²) < 4.78 is 10.6. The highest BCUT2D eigenvalue weighted by atomic mass is 35.5. The van der Waals surface area contributed by atoms with Gasteiger partial charge in [-0.15, -0.1) is 0 Å². The first-order valence-electron chi connectivity index (χ1n) is 7.62. The number of benzene rings is 2. The summed E-state index contributed by atoms with van der Waals surface area (Å²) in [6.45, 7) is 1.53. The fraction of sp³-hybridized carbons (Fsp3) is 0.222. The molecule has 0 atom stereocenters. The first kappa shape index (κ1) is 17.6. The highest BCUT2D eigenvalue weighted by molar-refractivity contribution is 6.35. The van der Waals surface area contributed by atoms with Gasteiger partial charge in [-0.25, -0.2) is 0 Å². The lowest BCUT2D eigenvalue weighted by Gasteiger charge is -2.11. The monoisotopic (exact) mass is 379 g/mol. The Labute approximate surface area is 154 Å². The van der Waals surface area contributed by atoms with Gasteiger partial charge in [-0.1, -0.05) is 29.3 Å². The van der Waals surface area contributed by atoms with Crippen LogP contribution in [0.1, 0.15) is 29.3 Å². The minimum Gasteiger partial charge on any atom is -0.454 e. The lowest BCUT2D eigenvalue weighted by Crippen LogP contribution is -2.14. The molecule has 0 spiro atoms. The average molecular weight is 380 g/mol. The minimum atomic E-state index is -0.229. The number of rotatable bonds is 5. The molecule has 2 aromatic rings. The van der Waals surface area contributed by atoms with Gasteiger partial charge in [-0.2, -0.15) is 0 Å². The number of aryl methyl sites for hydroxylation is 1. The van der Waals surface area contributed by atoms with Crippen LogP contribution in [0.3, 0.4) is 0 Å². The SMILES string of the molecule is CC(=O)c1cc2c(cc1NC(=O)CCc1ccc(Cl)cc1Cl)OCO2. The second-order valence-corrected chi connectivity index (χ2v) is 6.43. The van der Waals surface area contributed by atoms with Crippen molar-refractivity contribution < 1.29 is 19.1 Å². The minimum absolute atomic E-state index is 0.0964. The predicted octanol–water partition coefficient (Wildman–Crippen LogP) is 4.50. The molecule has 2 aromatic carbocycles. The van der Waals surface area contributed by atoms with E-state index in [9.17, 15) is 9.59 Å². The van der Waals surface area contributed by atoms with Crippen LogP contribution in [0.25, 0.3) is 0 Å². The van der Waals surface area contributed by atoms with Gasteiger partial charge in [0, 0.05) is 28.1 Å². The van der Waals surface area contributed by atoms with Gasteiger partial charge in [0.25, 0.3) is 0 Å². The molecule has 1 heterocycles. The number of hydrogen-bond donors (Lipinski definition) is 1. The Bertz CT molecular complexity index is 851. The number of halogens is 2. The molecule has 0 aromatic heterocycles. The van der Waals surface area contributed by atoms with Crippen molar-refractivity contribution in [2.24, 2.45) is 0 Å². The van der Waals surface area contributed by atoms with Crippen LogP contribution >= 0.6 is 23.2 Å². The van der Waals surface area contributed by atoms with Crippen molar-refractivity contribution in [3.8, 4) is 11.5 Å². The quantitative estimate of drug-likeness (QED) is 0.776. The number of fused-ring (bicyclic) bond motifs is 1. The van der Waals surface area contributed by atoms with Gasteiger partial charge in [-0.05, 0) is 37.1 Å². The first-order chi connectivity index (χ1) is 11.9. The van der Waals surface area contributed by atoms with Gasteiger partial charge in [0.05, 0.1) is 5.69 Å². The predicted molar refractivity (Wildman–Crippen MR) is 96.0 cm³/mol. The zero-order chi connectivity index (χ0) is 18.0. The molecule has 7 heteroatoms. The summed E-state index contributed by atoms with van der Waals surface area (Å²) in [5.74, 6) is 0.596. The summed E-state index contributed by atoms with van der Waals surface area (Å²) in [6.07, 6.45) is 0.676. The maximum atomic E-state index is 12.3. The number of amides is 1. The fourth-order valence-electron chi connectivity index (χ4n) is 2.52. The number of carbonyl (C=O) groups is 2. The lowest BCUT2D eigenvalue weighted by molar-refractivity contribution is -0.116. The largest absolute Gasteiger partial charge is 0.454 e. The van der Waals surface area contributed by atoms with E-state index in [-0.39, 0.29) is 24.9 Å². The van der Waals surface area contributed by atoms with Crippen molar-refractivity contribution in [2.45, 2.75) is 19.8 Å². The Balaban J connectivity index is 1.71. The van der Waals surface area contributed by atoms with E-state index in [1.54, 1.807) is 30.3 Å². The molecule has 0 bridgehead atoms. The van der Waals surface area contributed by atoms with Crippen LogP contribution in [-0.2, 0) is 11.2 Å². The number of hydrogen-bond acceptors (Lipinski definition) is 4. The van der Waals surface area contributed by atoms with Crippen molar-refractivity contribution in [3.63, 3.8) is 0 Å². The number of anilines is 1. The van der Waals surface area contributed by atoms with Crippen molar-refractivity contribution in [2.75, 3.05) is 12.1 Å². The van der Waals surface area contributed by atoms with E-state index in [0.29, 0.717) is 39.2 Å². The average Bonchev–Trinajstić information content (AvgIpc) is 3.00. The Hall–Kier alpha value is -2.24. The second kappa shape index (κ2) is 7.33. The third kappa shape index (κ3) is 4.06. The first-order valence-corrected chi connectivity index (χ1v) is 8.38. The zero-order valence-electron chi connectivity index (χ0n) is 13.4. The Kier molecular flexibility index (Phi) is 5.16. The second-order valence-electron chi connectivity index (χ2n) is 5.59. The zero-order valence-corrected chi connectivity index (χ0v) is 14.9. The summed E-state index contributed by atoms with van der Waals surface area (Å²) in [4.78, 5) is 24.1. The van der Waals surface area contributed by atoms with E-state index in [2.05, 4.69) is 5.32 Å². The van der Waals surface area contributed by atoms with E-state index in [1.165, 1.54) is 6.92 Å². The molecule has 25 heavy (non-hydrogen) atoms. The molecule has 0 unspecified atom stereocenters. The molecule has 1 aliphatic heterocycles. The van der Waals surface area contributed by atoms with Crippen LogP contribution in [0.5, 0.6) is 11.5 Å². The van der Waals surface area contributed by atoms with E-state index in [4.69, 9.17) is 32.7 Å². The molecule has 0 saturated carbocycles. The molecule has 130 valence electrons. The van der Waals surface area contributed by atoms with Gasteiger partial charge in [0.15, 0.2) is 17.3 Å². The molecule has 1 N–H and O–H groups in total. The summed E-state index contributed by atoms with van der Waals surface area (Å²) in [5.41, 5.74) is 1.62. The smallest absolute Gasteiger partial charge is 0.231 e. The number of ether oxygens (including phenoxy) is 2. The number of nitrogens with one attached hydrogen (secondary N) is 1. The van der Waals surface area contributed by atoms with Gasteiger partial charge >= 0.3 is 0 Å². The van der Waals surface area contributed by atoms with Crippen molar-refractivity contribution >= 4 is 40.6 Å². The molecule has 3 rings (SSSR count). The Morgan fingerprint density at radius 3 is 2.52 bits per heavy atom. The molecule has 0 fully saturated rings. The molecular weight excluding hydrogens is 365 g/mol. The third-order valence-corrected chi connectivity index (χ3v) is 4.39. The van der Waals surface area contributed by atoms with Crippen molar-refractivity contribution in [1.82, 2.24) is 0 Å². The Morgan fingerprint density at radius 2 is 1.84 bits per heavy atom. The van der Waals surface area contributed by atoms with E-state index >= 15 is 0 Å². The third-order valence-electron chi connectivity index (χ3n) is 3.80. The van der Waals surface area contributed by atoms with Crippen LogP contribution in [0.2, 0.25) is 10.0 Å². The van der Waals surface area contributed by atoms with Crippen molar-refractivity contribution in [1.29, 1.82) is 0 Å². The van der Waals surface area contributed by atoms with Gasteiger partial charge in [0.1, 0.15) is 0 Å².